The molecule has 0 spiro atoms. The number of urea groups is 1. The molecule has 2 aliphatic heterocycles. The van der Waals surface area contributed by atoms with Gasteiger partial charge < -0.3 is 20.5 Å². The van der Waals surface area contributed by atoms with Crippen molar-refractivity contribution in [1.82, 2.24) is 10.6 Å². The Kier molecular flexibility index (Phi) is 3.31. The molecule has 106 valence electrons. The highest BCUT2D eigenvalue weighted by Crippen LogP contribution is 2.34. The van der Waals surface area contributed by atoms with E-state index >= 15 is 0 Å². The van der Waals surface area contributed by atoms with Crippen LogP contribution in [0.15, 0.2) is 24.3 Å². The first-order valence-corrected chi connectivity index (χ1v) is 6.67. The average Bonchev–Trinajstić information content (AvgIpc) is 2.46. The van der Waals surface area contributed by atoms with Gasteiger partial charge >= 0.3 is 12.0 Å². The van der Waals surface area contributed by atoms with E-state index < -0.39 is 5.97 Å². The van der Waals surface area contributed by atoms with Crippen LogP contribution in [0.4, 0.5) is 4.79 Å². The van der Waals surface area contributed by atoms with Crippen LogP contribution in [-0.4, -0.2) is 29.9 Å². The molecule has 2 fully saturated rings. The highest BCUT2D eigenvalue weighted by Gasteiger charge is 2.39. The fraction of sp³-hybridized carbons (Fsp3) is 0.429. The first-order chi connectivity index (χ1) is 9.65. The molecule has 0 bridgehead atoms. The van der Waals surface area contributed by atoms with Crippen LogP contribution >= 0.6 is 0 Å². The van der Waals surface area contributed by atoms with Crippen LogP contribution in [0.25, 0.3) is 0 Å². The minimum absolute atomic E-state index is 0.142. The number of carbonyl (C=O) groups excluding carboxylic acids is 1. The Morgan fingerprint density at radius 3 is 2.70 bits per heavy atom. The predicted octanol–water partition coefficient (Wildman–Crippen LogP) is 1.49. The van der Waals surface area contributed by atoms with E-state index in [1.165, 1.54) is 0 Å². The van der Waals surface area contributed by atoms with Gasteiger partial charge in [-0.25, -0.2) is 9.59 Å². The lowest BCUT2D eigenvalue weighted by Crippen LogP contribution is -2.58. The zero-order valence-electron chi connectivity index (χ0n) is 10.8. The Balaban J connectivity index is 1.86. The lowest BCUT2D eigenvalue weighted by molar-refractivity contribution is -0.0602. The predicted molar refractivity (Wildman–Crippen MR) is 70.3 cm³/mol. The Hall–Kier alpha value is -2.08. The zero-order chi connectivity index (χ0) is 14.1. The van der Waals surface area contributed by atoms with E-state index in [0.717, 1.165) is 18.4 Å². The molecule has 2 heterocycles. The van der Waals surface area contributed by atoms with Gasteiger partial charge in [-0.1, -0.05) is 12.1 Å². The summed E-state index contributed by atoms with van der Waals surface area (Å²) in [6.07, 6.45) is 1.66. The van der Waals surface area contributed by atoms with Gasteiger partial charge in [0.2, 0.25) is 0 Å². The minimum Gasteiger partial charge on any atom is -0.478 e. The van der Waals surface area contributed by atoms with Gasteiger partial charge in [-0.15, -0.1) is 0 Å². The highest BCUT2D eigenvalue weighted by atomic mass is 16.5. The van der Waals surface area contributed by atoms with Crippen LogP contribution in [-0.2, 0) is 4.74 Å². The molecule has 3 N–H and O–H groups in total. The molecule has 20 heavy (non-hydrogen) atoms. The first-order valence-electron chi connectivity index (χ1n) is 6.67. The van der Waals surface area contributed by atoms with E-state index in [-0.39, 0.29) is 29.8 Å². The van der Waals surface area contributed by atoms with Gasteiger partial charge in [0.1, 0.15) is 6.23 Å². The fourth-order valence-corrected chi connectivity index (χ4v) is 2.88. The topological polar surface area (TPSA) is 87.7 Å². The molecule has 1 aromatic rings. The number of aromatic carboxylic acids is 1. The molecular formula is C14H16N2O4. The van der Waals surface area contributed by atoms with Gasteiger partial charge in [0, 0.05) is 12.5 Å². The van der Waals surface area contributed by atoms with Gasteiger partial charge in [-0.2, -0.15) is 0 Å². The quantitative estimate of drug-likeness (QED) is 0.763. The number of rotatable bonds is 2. The molecule has 2 saturated heterocycles. The Bertz CT molecular complexity index is 528. The van der Waals surface area contributed by atoms with Crippen molar-refractivity contribution in [3.8, 4) is 0 Å². The molecule has 0 radical (unpaired) electrons. The second-order valence-corrected chi connectivity index (χ2v) is 5.12. The third-order valence-corrected chi connectivity index (χ3v) is 3.87. The third kappa shape index (κ3) is 2.34. The number of carbonyl (C=O) groups is 2. The number of amides is 2. The number of carboxylic acid groups (broad SMARTS) is 1. The fourth-order valence-electron chi connectivity index (χ4n) is 2.88. The van der Waals surface area contributed by atoms with Crippen molar-refractivity contribution in [2.75, 3.05) is 6.61 Å². The van der Waals surface area contributed by atoms with Crippen LogP contribution in [0.2, 0.25) is 0 Å². The lowest BCUT2D eigenvalue weighted by Gasteiger charge is -2.41. The molecule has 3 atom stereocenters. The highest BCUT2D eigenvalue weighted by molar-refractivity contribution is 5.87. The molecule has 2 amide bonds. The monoisotopic (exact) mass is 276 g/mol. The van der Waals surface area contributed by atoms with E-state index in [4.69, 9.17) is 9.84 Å². The van der Waals surface area contributed by atoms with Crippen LogP contribution in [0.1, 0.15) is 34.8 Å². The number of nitrogens with one attached hydrogen (secondary N) is 2. The summed E-state index contributed by atoms with van der Waals surface area (Å²) in [5, 5.41) is 14.6. The van der Waals surface area contributed by atoms with Crippen LogP contribution in [0.5, 0.6) is 0 Å². The molecule has 0 saturated carbocycles. The summed E-state index contributed by atoms with van der Waals surface area (Å²) in [5.74, 6) is -0.790. The van der Waals surface area contributed by atoms with E-state index in [9.17, 15) is 9.59 Å². The molecule has 0 aliphatic carbocycles. The van der Waals surface area contributed by atoms with Crippen molar-refractivity contribution in [2.45, 2.75) is 25.1 Å². The maximum atomic E-state index is 11.7. The van der Waals surface area contributed by atoms with E-state index in [0.29, 0.717) is 6.61 Å². The van der Waals surface area contributed by atoms with Crippen LogP contribution in [0, 0.1) is 5.92 Å². The Morgan fingerprint density at radius 1 is 1.25 bits per heavy atom. The smallest absolute Gasteiger partial charge is 0.335 e. The summed E-state index contributed by atoms with van der Waals surface area (Å²) >= 11 is 0. The Morgan fingerprint density at radius 2 is 2.00 bits per heavy atom. The molecule has 0 unspecified atom stereocenters. The summed E-state index contributed by atoms with van der Waals surface area (Å²) in [5.41, 5.74) is 1.15. The molecule has 1 aromatic carbocycles. The summed E-state index contributed by atoms with van der Waals surface area (Å²) in [6, 6.07) is 6.24. The number of hydrogen-bond acceptors (Lipinski definition) is 3. The number of ether oxygens (including phenoxy) is 1. The normalized spacial score (nSPS) is 29.0. The van der Waals surface area contributed by atoms with E-state index in [1.807, 2.05) is 0 Å². The van der Waals surface area contributed by atoms with Crippen LogP contribution < -0.4 is 10.6 Å². The van der Waals surface area contributed by atoms with Crippen molar-refractivity contribution >= 4 is 12.0 Å². The first kappa shape index (κ1) is 12.9. The van der Waals surface area contributed by atoms with Gasteiger partial charge in [0.25, 0.3) is 0 Å². The van der Waals surface area contributed by atoms with Crippen molar-refractivity contribution in [3.05, 3.63) is 35.4 Å². The summed E-state index contributed by atoms with van der Waals surface area (Å²) < 4.78 is 5.60. The van der Waals surface area contributed by atoms with Crippen molar-refractivity contribution < 1.29 is 19.4 Å². The average molecular weight is 276 g/mol. The molecule has 6 heteroatoms. The number of benzene rings is 1. The number of fused-ring (bicyclic) bond motifs is 1. The minimum atomic E-state index is -0.954. The Labute approximate surface area is 116 Å². The summed E-state index contributed by atoms with van der Waals surface area (Å²) in [6.45, 7) is 0.659. The largest absolute Gasteiger partial charge is 0.478 e. The van der Waals surface area contributed by atoms with E-state index in [1.54, 1.807) is 24.3 Å². The van der Waals surface area contributed by atoms with Crippen molar-refractivity contribution in [2.24, 2.45) is 5.92 Å². The maximum absolute atomic E-state index is 11.7. The van der Waals surface area contributed by atoms with Gasteiger partial charge in [-0.3, -0.25) is 0 Å². The molecule has 3 rings (SSSR count). The van der Waals surface area contributed by atoms with Crippen molar-refractivity contribution in [3.63, 3.8) is 0 Å². The summed E-state index contributed by atoms with van der Waals surface area (Å²) in [4.78, 5) is 22.5. The second-order valence-electron chi connectivity index (χ2n) is 5.12. The standard InChI is InChI=1S/C14H16N2O4/c17-13(18)9-5-3-8(4-6-9)11-10-2-1-7-20-12(10)16-14(19)15-11/h3-6,10-12H,1-2,7H2,(H,17,18)(H2,15,16,19)/t10-,11-,12-/m0/s1. The molecule has 0 aromatic heterocycles. The van der Waals surface area contributed by atoms with E-state index in [2.05, 4.69) is 10.6 Å². The molecule has 6 nitrogen and oxygen atoms in total. The van der Waals surface area contributed by atoms with Gasteiger partial charge in [-0.05, 0) is 30.5 Å². The lowest BCUT2D eigenvalue weighted by atomic mass is 9.85. The number of hydrogen-bond donors (Lipinski definition) is 3. The second kappa shape index (κ2) is 5.13. The maximum Gasteiger partial charge on any atom is 0.335 e. The third-order valence-electron chi connectivity index (χ3n) is 3.87. The van der Waals surface area contributed by atoms with Gasteiger partial charge in [0.15, 0.2) is 0 Å². The number of carboxylic acids is 1. The van der Waals surface area contributed by atoms with Gasteiger partial charge in [0.05, 0.1) is 11.6 Å². The van der Waals surface area contributed by atoms with Crippen molar-refractivity contribution in [1.29, 1.82) is 0 Å². The molecular weight excluding hydrogens is 260 g/mol. The molecule has 2 aliphatic rings. The summed E-state index contributed by atoms with van der Waals surface area (Å²) in [7, 11) is 0. The zero-order valence-corrected chi connectivity index (χ0v) is 10.8. The SMILES string of the molecule is O=C1N[C@H]2OCCC[C@H]2[C@H](c2ccc(C(=O)O)cc2)N1. The van der Waals surface area contributed by atoms with Crippen LogP contribution in [0.3, 0.4) is 0 Å².